The molecule has 5 nitrogen and oxygen atoms in total. The summed E-state index contributed by atoms with van der Waals surface area (Å²) >= 11 is 6.26. The van der Waals surface area contributed by atoms with Crippen LogP contribution < -0.4 is 4.72 Å². The van der Waals surface area contributed by atoms with Crippen molar-refractivity contribution in [3.63, 3.8) is 0 Å². The average Bonchev–Trinajstić information content (AvgIpc) is 2.87. The van der Waals surface area contributed by atoms with E-state index in [1.165, 1.54) is 13.0 Å². The van der Waals surface area contributed by atoms with Crippen LogP contribution in [0.25, 0.3) is 11.0 Å². The predicted octanol–water partition coefficient (Wildman–Crippen LogP) is 5.32. The number of anilines is 1. The molecule has 0 unspecified atom stereocenters. The summed E-state index contributed by atoms with van der Waals surface area (Å²) in [5, 5.41) is 0.722. The van der Waals surface area contributed by atoms with Crippen LogP contribution in [-0.4, -0.2) is 14.2 Å². The Morgan fingerprint density at radius 1 is 1.00 bits per heavy atom. The van der Waals surface area contributed by atoms with Crippen molar-refractivity contribution in [1.29, 1.82) is 0 Å². The molecule has 7 heteroatoms. The van der Waals surface area contributed by atoms with Crippen molar-refractivity contribution in [2.75, 3.05) is 4.72 Å². The Morgan fingerprint density at radius 3 is 2.26 bits per heavy atom. The third kappa shape index (κ3) is 3.47. The van der Waals surface area contributed by atoms with Crippen LogP contribution in [0, 0.1) is 27.7 Å². The van der Waals surface area contributed by atoms with E-state index in [-0.39, 0.29) is 21.4 Å². The molecule has 0 saturated heterocycles. The van der Waals surface area contributed by atoms with E-state index >= 15 is 0 Å². The number of rotatable bonds is 4. The van der Waals surface area contributed by atoms with E-state index in [4.69, 9.17) is 16.0 Å². The van der Waals surface area contributed by atoms with Gasteiger partial charge in [0, 0.05) is 5.39 Å². The molecule has 0 aliphatic carbocycles. The molecule has 1 N–H and O–H groups in total. The lowest BCUT2D eigenvalue weighted by molar-refractivity contribution is 0.101. The molecule has 27 heavy (non-hydrogen) atoms. The van der Waals surface area contributed by atoms with Crippen molar-refractivity contribution in [1.82, 2.24) is 0 Å². The second kappa shape index (κ2) is 6.69. The second-order valence-electron chi connectivity index (χ2n) is 6.73. The van der Waals surface area contributed by atoms with Gasteiger partial charge in [0.2, 0.25) is 0 Å². The molecule has 0 aliphatic rings. The summed E-state index contributed by atoms with van der Waals surface area (Å²) < 4.78 is 34.0. The van der Waals surface area contributed by atoms with Gasteiger partial charge >= 0.3 is 0 Å². The molecule has 0 bridgehead atoms. The molecule has 0 saturated carbocycles. The van der Waals surface area contributed by atoms with Gasteiger partial charge in [-0.3, -0.25) is 9.52 Å². The Kier molecular flexibility index (Phi) is 4.82. The number of halogens is 1. The van der Waals surface area contributed by atoms with E-state index in [2.05, 4.69) is 4.72 Å². The van der Waals surface area contributed by atoms with Gasteiger partial charge in [0.15, 0.2) is 11.4 Å². The van der Waals surface area contributed by atoms with Crippen LogP contribution in [-0.2, 0) is 10.0 Å². The first-order valence-electron chi connectivity index (χ1n) is 8.35. The molecule has 0 radical (unpaired) electrons. The molecule has 2 aromatic carbocycles. The van der Waals surface area contributed by atoms with Crippen LogP contribution in [0.4, 0.5) is 5.69 Å². The molecule has 0 aliphatic heterocycles. The van der Waals surface area contributed by atoms with Crippen LogP contribution in [0.5, 0.6) is 0 Å². The fourth-order valence-electron chi connectivity index (χ4n) is 3.21. The lowest BCUT2D eigenvalue weighted by atomic mass is 10.1. The van der Waals surface area contributed by atoms with Crippen LogP contribution in [0.2, 0.25) is 5.02 Å². The molecule has 1 heterocycles. The van der Waals surface area contributed by atoms with E-state index in [0.29, 0.717) is 27.9 Å². The highest BCUT2D eigenvalue weighted by molar-refractivity contribution is 7.92. The first-order valence-corrected chi connectivity index (χ1v) is 10.2. The van der Waals surface area contributed by atoms with Gasteiger partial charge in [0.1, 0.15) is 5.76 Å². The first kappa shape index (κ1) is 19.5. The zero-order valence-electron chi connectivity index (χ0n) is 15.7. The SMILES string of the molecule is CC(=O)c1c(C)oc2c(Cl)cc(NS(=O)(=O)c3cc(C)c(C)cc3C)cc12. The maximum atomic E-state index is 12.9. The third-order valence-electron chi connectivity index (χ3n) is 4.61. The van der Waals surface area contributed by atoms with Gasteiger partial charge in [-0.25, -0.2) is 8.42 Å². The highest BCUT2D eigenvalue weighted by Gasteiger charge is 2.22. The van der Waals surface area contributed by atoms with Crippen LogP contribution in [0.1, 0.15) is 39.7 Å². The fourth-order valence-corrected chi connectivity index (χ4v) is 4.82. The highest BCUT2D eigenvalue weighted by Crippen LogP contribution is 2.35. The number of aryl methyl sites for hydroxylation is 4. The number of sulfonamides is 1. The maximum Gasteiger partial charge on any atom is 0.262 e. The molecule has 0 fully saturated rings. The molecular weight excluding hydrogens is 386 g/mol. The number of hydrogen-bond acceptors (Lipinski definition) is 4. The first-order chi connectivity index (χ1) is 12.5. The molecular formula is C20H20ClNO4S. The fraction of sp³-hybridized carbons (Fsp3) is 0.250. The number of Topliss-reactive ketones (excluding diaryl/α,β-unsaturated/α-hetero) is 1. The molecule has 1 aromatic heterocycles. The van der Waals surface area contributed by atoms with E-state index in [9.17, 15) is 13.2 Å². The van der Waals surface area contributed by atoms with Crippen LogP contribution in [0.3, 0.4) is 0 Å². The topological polar surface area (TPSA) is 76.4 Å². The minimum Gasteiger partial charge on any atom is -0.459 e. The smallest absolute Gasteiger partial charge is 0.262 e. The van der Waals surface area contributed by atoms with Crippen molar-refractivity contribution in [2.45, 2.75) is 39.5 Å². The van der Waals surface area contributed by atoms with Crippen LogP contribution in [0.15, 0.2) is 33.6 Å². The van der Waals surface area contributed by atoms with Crippen molar-refractivity contribution >= 4 is 44.1 Å². The third-order valence-corrected chi connectivity index (χ3v) is 6.41. The minimum atomic E-state index is -3.82. The average molecular weight is 406 g/mol. The quantitative estimate of drug-likeness (QED) is 0.595. The number of nitrogens with one attached hydrogen (secondary N) is 1. The minimum absolute atomic E-state index is 0.174. The highest BCUT2D eigenvalue weighted by atomic mass is 35.5. The number of benzene rings is 2. The zero-order chi connectivity index (χ0) is 20.1. The summed E-state index contributed by atoms with van der Waals surface area (Å²) in [5.41, 5.74) is 3.60. The Morgan fingerprint density at radius 2 is 1.63 bits per heavy atom. The summed E-state index contributed by atoms with van der Waals surface area (Å²) in [6.45, 7) is 8.66. The standard InChI is InChI=1S/C20H20ClNO4S/c1-10-6-12(3)18(7-11(10)2)27(24,25)22-15-8-16-19(13(4)23)14(5)26-20(16)17(21)9-15/h6-9,22H,1-5H3. The van der Waals surface area contributed by atoms with Crippen molar-refractivity contribution in [3.05, 3.63) is 57.3 Å². The Balaban J connectivity index is 2.12. The van der Waals surface area contributed by atoms with Gasteiger partial charge in [0.05, 0.1) is 21.2 Å². The van der Waals surface area contributed by atoms with E-state index in [0.717, 1.165) is 11.1 Å². The lowest BCUT2D eigenvalue weighted by Crippen LogP contribution is -2.15. The number of carbonyl (C=O) groups is 1. The number of hydrogen-bond donors (Lipinski definition) is 1. The molecule has 3 rings (SSSR count). The van der Waals surface area contributed by atoms with Gasteiger partial charge in [-0.1, -0.05) is 17.7 Å². The molecule has 0 atom stereocenters. The molecule has 0 spiro atoms. The summed E-state index contributed by atoms with van der Waals surface area (Å²) in [6, 6.07) is 6.54. The molecule has 0 amide bonds. The summed E-state index contributed by atoms with van der Waals surface area (Å²) in [7, 11) is -3.82. The number of ketones is 1. The van der Waals surface area contributed by atoms with E-state index in [1.807, 2.05) is 19.9 Å². The van der Waals surface area contributed by atoms with Gasteiger partial charge in [-0.2, -0.15) is 0 Å². The largest absolute Gasteiger partial charge is 0.459 e. The lowest BCUT2D eigenvalue weighted by Gasteiger charge is -2.13. The van der Waals surface area contributed by atoms with Gasteiger partial charge in [-0.15, -0.1) is 0 Å². The molecule has 3 aromatic rings. The second-order valence-corrected chi connectivity index (χ2v) is 8.79. The Bertz CT molecular complexity index is 1190. The number of carbonyl (C=O) groups excluding carboxylic acids is 1. The number of furan rings is 1. The van der Waals surface area contributed by atoms with Gasteiger partial charge in [-0.05, 0) is 69.5 Å². The summed E-state index contributed by atoms with van der Waals surface area (Å²) in [4.78, 5) is 12.1. The summed E-state index contributed by atoms with van der Waals surface area (Å²) in [5.74, 6) is 0.275. The summed E-state index contributed by atoms with van der Waals surface area (Å²) in [6.07, 6.45) is 0. The van der Waals surface area contributed by atoms with E-state index in [1.54, 1.807) is 26.0 Å². The van der Waals surface area contributed by atoms with Crippen molar-refractivity contribution in [2.24, 2.45) is 0 Å². The Labute approximate surface area is 163 Å². The van der Waals surface area contributed by atoms with Crippen LogP contribution >= 0.6 is 11.6 Å². The zero-order valence-corrected chi connectivity index (χ0v) is 17.3. The Hall–Kier alpha value is -2.31. The van der Waals surface area contributed by atoms with E-state index < -0.39 is 10.0 Å². The molecule has 142 valence electrons. The maximum absolute atomic E-state index is 12.9. The normalized spacial score (nSPS) is 11.8. The monoisotopic (exact) mass is 405 g/mol. The number of fused-ring (bicyclic) bond motifs is 1. The van der Waals surface area contributed by atoms with Gasteiger partial charge in [0.25, 0.3) is 10.0 Å². The van der Waals surface area contributed by atoms with Crippen molar-refractivity contribution in [3.8, 4) is 0 Å². The van der Waals surface area contributed by atoms with Crippen molar-refractivity contribution < 1.29 is 17.6 Å². The van der Waals surface area contributed by atoms with Gasteiger partial charge < -0.3 is 4.42 Å². The predicted molar refractivity (Wildman–Crippen MR) is 107 cm³/mol.